The third-order valence-electron chi connectivity index (χ3n) is 4.21. The average molecular weight is 281 g/mol. The van der Waals surface area contributed by atoms with E-state index in [0.29, 0.717) is 12.5 Å². The zero-order valence-electron chi connectivity index (χ0n) is 11.7. The van der Waals surface area contributed by atoms with Crippen LogP contribution in [0, 0.1) is 11.8 Å². The summed E-state index contributed by atoms with van der Waals surface area (Å²) in [5.41, 5.74) is 1.25. The molecule has 0 saturated heterocycles. The fraction of sp³-hybridized carbons (Fsp3) is 0.647. The lowest BCUT2D eigenvalue weighted by Crippen LogP contribution is -2.21. The van der Waals surface area contributed by atoms with Crippen LogP contribution in [0.4, 0.5) is 0 Å². The highest BCUT2D eigenvalue weighted by Crippen LogP contribution is 2.30. The topological polar surface area (TPSA) is 9.23 Å². The third kappa shape index (κ3) is 5.16. The third-order valence-corrected chi connectivity index (χ3v) is 4.60. The number of alkyl halides is 1. The molecule has 0 amide bonds. The van der Waals surface area contributed by atoms with E-state index in [4.69, 9.17) is 16.3 Å². The van der Waals surface area contributed by atoms with Crippen molar-refractivity contribution in [3.63, 3.8) is 0 Å². The van der Waals surface area contributed by atoms with Gasteiger partial charge in [0.25, 0.3) is 0 Å². The Labute approximate surface area is 122 Å². The zero-order valence-corrected chi connectivity index (χ0v) is 12.4. The van der Waals surface area contributed by atoms with E-state index < -0.39 is 0 Å². The largest absolute Gasteiger partial charge is 0.376 e. The minimum Gasteiger partial charge on any atom is -0.376 e. The van der Waals surface area contributed by atoms with Crippen molar-refractivity contribution >= 4 is 11.6 Å². The van der Waals surface area contributed by atoms with Gasteiger partial charge in [0.1, 0.15) is 0 Å². The van der Waals surface area contributed by atoms with Crippen molar-refractivity contribution in [1.82, 2.24) is 0 Å². The van der Waals surface area contributed by atoms with E-state index in [-0.39, 0.29) is 0 Å². The van der Waals surface area contributed by atoms with E-state index in [2.05, 4.69) is 24.3 Å². The second-order valence-electron chi connectivity index (χ2n) is 5.67. The fourth-order valence-corrected chi connectivity index (χ4v) is 3.33. The molecular weight excluding hydrogens is 256 g/mol. The summed E-state index contributed by atoms with van der Waals surface area (Å²) in [6.45, 7) is 1.52. The molecular formula is C17H25ClO. The molecule has 1 aromatic rings. The van der Waals surface area contributed by atoms with Gasteiger partial charge in [0, 0.05) is 5.88 Å². The van der Waals surface area contributed by atoms with Crippen LogP contribution in [0.3, 0.4) is 0 Å². The van der Waals surface area contributed by atoms with Gasteiger partial charge in [0.15, 0.2) is 0 Å². The summed E-state index contributed by atoms with van der Waals surface area (Å²) >= 11 is 6.16. The Morgan fingerprint density at radius 1 is 1.05 bits per heavy atom. The molecule has 1 fully saturated rings. The van der Waals surface area contributed by atoms with Gasteiger partial charge in [-0.2, -0.15) is 0 Å². The molecule has 0 N–H and O–H groups in total. The molecule has 1 aromatic carbocycles. The molecule has 1 saturated carbocycles. The Morgan fingerprint density at radius 3 is 2.37 bits per heavy atom. The van der Waals surface area contributed by atoms with Crippen molar-refractivity contribution in [3.05, 3.63) is 35.9 Å². The van der Waals surface area contributed by atoms with Gasteiger partial charge in [-0.3, -0.25) is 0 Å². The molecule has 0 bridgehead atoms. The molecule has 0 spiro atoms. The van der Waals surface area contributed by atoms with Crippen LogP contribution < -0.4 is 0 Å². The van der Waals surface area contributed by atoms with Gasteiger partial charge < -0.3 is 4.74 Å². The molecule has 2 heteroatoms. The first kappa shape index (κ1) is 14.9. The number of halogens is 1. The maximum atomic E-state index is 6.16. The highest BCUT2D eigenvalue weighted by molar-refractivity contribution is 6.18. The van der Waals surface area contributed by atoms with Crippen molar-refractivity contribution in [2.24, 2.45) is 11.8 Å². The van der Waals surface area contributed by atoms with Crippen LogP contribution in [-0.4, -0.2) is 12.5 Å². The molecule has 1 atom stereocenters. The van der Waals surface area contributed by atoms with Crippen LogP contribution in [-0.2, 0) is 11.3 Å². The normalized spacial score (nSPS) is 19.0. The van der Waals surface area contributed by atoms with Gasteiger partial charge >= 0.3 is 0 Å². The SMILES string of the molecule is ClCC(COCc1ccccc1)C1CCCCCC1. The Balaban J connectivity index is 1.75. The highest BCUT2D eigenvalue weighted by Gasteiger charge is 2.22. The smallest absolute Gasteiger partial charge is 0.0717 e. The van der Waals surface area contributed by atoms with Crippen LogP contribution in [0.5, 0.6) is 0 Å². The molecule has 0 aliphatic heterocycles. The van der Waals surface area contributed by atoms with E-state index in [1.807, 2.05) is 6.07 Å². The van der Waals surface area contributed by atoms with E-state index >= 15 is 0 Å². The average Bonchev–Trinajstić information content (AvgIpc) is 2.74. The standard InChI is InChI=1S/C17H25ClO/c18-12-17(16-10-6-1-2-7-11-16)14-19-13-15-8-4-3-5-9-15/h3-5,8-9,16-17H,1-2,6-7,10-14H2. The first-order chi connectivity index (χ1) is 9.40. The summed E-state index contributed by atoms with van der Waals surface area (Å²) in [4.78, 5) is 0. The number of rotatable bonds is 6. The van der Waals surface area contributed by atoms with Crippen LogP contribution in [0.2, 0.25) is 0 Å². The summed E-state index contributed by atoms with van der Waals surface area (Å²) in [5, 5.41) is 0. The summed E-state index contributed by atoms with van der Waals surface area (Å²) in [6.07, 6.45) is 8.22. The number of benzene rings is 1. The predicted molar refractivity (Wildman–Crippen MR) is 81.5 cm³/mol. The van der Waals surface area contributed by atoms with Gasteiger partial charge in [0.2, 0.25) is 0 Å². The molecule has 0 radical (unpaired) electrons. The molecule has 0 aromatic heterocycles. The van der Waals surface area contributed by atoms with E-state index in [1.165, 1.54) is 44.1 Å². The summed E-state index contributed by atoms with van der Waals surface area (Å²) < 4.78 is 5.88. The van der Waals surface area contributed by atoms with Gasteiger partial charge in [-0.1, -0.05) is 68.9 Å². The lowest BCUT2D eigenvalue weighted by molar-refractivity contribution is 0.0703. The van der Waals surface area contributed by atoms with Crippen molar-refractivity contribution in [3.8, 4) is 0 Å². The number of ether oxygens (including phenoxy) is 1. The second kappa shape index (κ2) is 8.60. The van der Waals surface area contributed by atoms with Crippen molar-refractivity contribution in [2.75, 3.05) is 12.5 Å². The quantitative estimate of drug-likeness (QED) is 0.525. The van der Waals surface area contributed by atoms with Gasteiger partial charge in [-0.05, 0) is 17.4 Å². The first-order valence-electron chi connectivity index (χ1n) is 7.58. The lowest BCUT2D eigenvalue weighted by atomic mass is 9.88. The zero-order chi connectivity index (χ0) is 13.3. The van der Waals surface area contributed by atoms with Crippen molar-refractivity contribution in [1.29, 1.82) is 0 Å². The van der Waals surface area contributed by atoms with Crippen LogP contribution in [0.1, 0.15) is 44.1 Å². The summed E-state index contributed by atoms with van der Waals surface area (Å²) in [6, 6.07) is 10.4. The van der Waals surface area contributed by atoms with Crippen molar-refractivity contribution in [2.45, 2.75) is 45.1 Å². The minimum absolute atomic E-state index is 0.531. The Morgan fingerprint density at radius 2 is 1.74 bits per heavy atom. The molecule has 1 nitrogen and oxygen atoms in total. The lowest BCUT2D eigenvalue weighted by Gasteiger charge is -2.24. The molecule has 0 heterocycles. The Hall–Kier alpha value is -0.530. The molecule has 19 heavy (non-hydrogen) atoms. The predicted octanol–water partition coefficient (Wildman–Crippen LogP) is 5.03. The van der Waals surface area contributed by atoms with Crippen molar-refractivity contribution < 1.29 is 4.74 Å². The number of hydrogen-bond donors (Lipinski definition) is 0. The van der Waals surface area contributed by atoms with E-state index in [0.717, 1.165) is 18.4 Å². The van der Waals surface area contributed by atoms with Crippen LogP contribution in [0.15, 0.2) is 30.3 Å². The van der Waals surface area contributed by atoms with E-state index in [1.54, 1.807) is 0 Å². The monoisotopic (exact) mass is 280 g/mol. The van der Waals surface area contributed by atoms with E-state index in [9.17, 15) is 0 Å². The molecule has 2 rings (SSSR count). The maximum absolute atomic E-state index is 6.16. The Kier molecular flexibility index (Phi) is 6.73. The number of hydrogen-bond acceptors (Lipinski definition) is 1. The molecule has 1 aliphatic rings. The van der Waals surface area contributed by atoms with Gasteiger partial charge in [-0.15, -0.1) is 11.6 Å². The fourth-order valence-electron chi connectivity index (χ4n) is 2.99. The van der Waals surface area contributed by atoms with Gasteiger partial charge in [0.05, 0.1) is 13.2 Å². The summed E-state index contributed by atoms with van der Waals surface area (Å²) in [5.74, 6) is 2.04. The highest BCUT2D eigenvalue weighted by atomic mass is 35.5. The maximum Gasteiger partial charge on any atom is 0.0717 e. The molecule has 1 unspecified atom stereocenters. The van der Waals surface area contributed by atoms with Crippen LogP contribution >= 0.6 is 11.6 Å². The van der Waals surface area contributed by atoms with Crippen LogP contribution in [0.25, 0.3) is 0 Å². The molecule has 1 aliphatic carbocycles. The minimum atomic E-state index is 0.531. The first-order valence-corrected chi connectivity index (χ1v) is 8.11. The van der Waals surface area contributed by atoms with Gasteiger partial charge in [-0.25, -0.2) is 0 Å². The second-order valence-corrected chi connectivity index (χ2v) is 5.98. The Bertz CT molecular complexity index is 330. The summed E-state index contributed by atoms with van der Waals surface area (Å²) in [7, 11) is 0. The molecule has 106 valence electrons.